The molecule has 15 aromatic rings. The zero-order chi connectivity index (χ0) is 61.3. The van der Waals surface area contributed by atoms with Crippen molar-refractivity contribution >= 4 is 111 Å². The molecule has 91 heavy (non-hydrogen) atoms. The van der Waals surface area contributed by atoms with Gasteiger partial charge in [-0.05, 0) is 110 Å². The second kappa shape index (κ2) is 21.0. The van der Waals surface area contributed by atoms with Gasteiger partial charge >= 0.3 is 0 Å². The van der Waals surface area contributed by atoms with Gasteiger partial charge in [0.15, 0.2) is 17.5 Å². The first-order chi connectivity index (χ1) is 44.4. The molecule has 0 N–H and O–H groups in total. The molecule has 0 fully saturated rings. The fraction of sp³-hybridized carbons (Fsp3) is 0.0964. The number of nitrogens with zero attached hydrogens (tertiary/aromatic N) is 6. The number of rotatable bonds is 8. The molecule has 0 saturated heterocycles. The molecular formula is C83H63BN6S. The second-order valence-corrected chi connectivity index (χ2v) is 27.4. The molecule has 6 nitrogen and oxygen atoms in total. The smallest absolute Gasteiger partial charge is 0.252 e. The van der Waals surface area contributed by atoms with E-state index in [-0.39, 0.29) is 17.5 Å². The first-order valence-corrected chi connectivity index (χ1v) is 32.3. The predicted molar refractivity (Wildman–Crippen MR) is 386 cm³/mol. The Morgan fingerprint density at radius 2 is 0.824 bits per heavy atom. The van der Waals surface area contributed by atoms with Crippen molar-refractivity contribution in [1.82, 2.24) is 19.5 Å². The van der Waals surface area contributed by atoms with E-state index >= 15 is 0 Å². The number of para-hydroxylation sites is 4. The maximum absolute atomic E-state index is 5.39. The quantitative estimate of drug-likeness (QED) is 0.142. The molecule has 0 amide bonds. The van der Waals surface area contributed by atoms with Crippen LogP contribution in [-0.2, 0) is 10.8 Å². The summed E-state index contributed by atoms with van der Waals surface area (Å²) in [6.45, 7) is 13.5. The normalized spacial score (nSPS) is 12.9. The zero-order valence-electron chi connectivity index (χ0n) is 51.6. The van der Waals surface area contributed by atoms with Gasteiger partial charge in [0, 0.05) is 76.8 Å². The summed E-state index contributed by atoms with van der Waals surface area (Å²) in [5.74, 6) is 1.84. The highest BCUT2D eigenvalue weighted by atomic mass is 32.1. The van der Waals surface area contributed by atoms with Crippen LogP contribution in [0.2, 0.25) is 0 Å². The first kappa shape index (κ1) is 54.5. The van der Waals surface area contributed by atoms with Gasteiger partial charge in [-0.1, -0.05) is 254 Å². The molecule has 0 saturated carbocycles. The Morgan fingerprint density at radius 3 is 1.40 bits per heavy atom. The summed E-state index contributed by atoms with van der Waals surface area (Å²) in [4.78, 5) is 21.2. The number of anilines is 6. The van der Waals surface area contributed by atoms with Crippen LogP contribution in [0.4, 0.5) is 34.1 Å². The van der Waals surface area contributed by atoms with E-state index < -0.39 is 0 Å². The van der Waals surface area contributed by atoms with Crippen LogP contribution in [0.3, 0.4) is 0 Å². The third kappa shape index (κ3) is 8.94. The van der Waals surface area contributed by atoms with E-state index in [0.29, 0.717) is 17.5 Å². The molecule has 2 aliphatic heterocycles. The van der Waals surface area contributed by atoms with E-state index in [2.05, 4.69) is 292 Å². The van der Waals surface area contributed by atoms with E-state index in [9.17, 15) is 0 Å². The lowest BCUT2D eigenvalue weighted by Crippen LogP contribution is -2.61. The summed E-state index contributed by atoms with van der Waals surface area (Å²) in [5.41, 5.74) is 23.7. The van der Waals surface area contributed by atoms with Crippen LogP contribution in [0.15, 0.2) is 273 Å². The number of fused-ring (bicyclic) bond motifs is 11. The van der Waals surface area contributed by atoms with E-state index in [1.165, 1.54) is 80.7 Å². The van der Waals surface area contributed by atoms with Crippen LogP contribution in [0.1, 0.15) is 52.7 Å². The Bertz CT molecular complexity index is 5280. The standard InChI is InChI=1S/C83H63BN6S/c1-82(2,3)57-42-37-52(38-43-57)60-27-13-18-32-68(60)89-73-49-56(81-86-79(54-23-9-7-10-24-54)85-80(87-81)55-25-11-8-12-26-55)41-47-66(73)84-67-50-59(88-70-34-20-15-29-62(70)63-30-16-21-35-71(63)88)46-48-72(67)90(69-33-19-14-28-61(69)53-39-44-58(45-40-53)83(4,5)6)77-76(84)74(89)51-65-64-31-17-22-36-75(64)91-78(65)77/h7-51H,1-6H3. The number of aromatic nitrogens is 4. The second-order valence-electron chi connectivity index (χ2n) is 26.4. The van der Waals surface area contributed by atoms with Gasteiger partial charge in [-0.25, -0.2) is 15.0 Å². The summed E-state index contributed by atoms with van der Waals surface area (Å²) in [7, 11) is 0. The minimum absolute atomic E-state index is 0.00178. The molecule has 0 unspecified atom stereocenters. The van der Waals surface area contributed by atoms with Crippen LogP contribution in [0.25, 0.3) is 104 Å². The average molecular weight is 1190 g/mol. The molecule has 8 heteroatoms. The van der Waals surface area contributed by atoms with Crippen LogP contribution in [0, 0.1) is 0 Å². The van der Waals surface area contributed by atoms with Crippen molar-refractivity contribution < 1.29 is 0 Å². The summed E-state index contributed by atoms with van der Waals surface area (Å²) in [6.07, 6.45) is 0. The van der Waals surface area contributed by atoms with Crippen LogP contribution in [-0.4, -0.2) is 26.2 Å². The number of benzene rings is 12. The molecule has 12 aromatic carbocycles. The highest BCUT2D eigenvalue weighted by molar-refractivity contribution is 7.26. The Labute approximate surface area is 535 Å². The Hall–Kier alpha value is -10.7. The lowest BCUT2D eigenvalue weighted by atomic mass is 9.33. The number of hydrogen-bond acceptors (Lipinski definition) is 6. The lowest BCUT2D eigenvalue weighted by Gasteiger charge is -2.45. The molecule has 5 heterocycles. The summed E-state index contributed by atoms with van der Waals surface area (Å²) in [6, 6.07) is 101. The Morgan fingerprint density at radius 1 is 0.341 bits per heavy atom. The first-order valence-electron chi connectivity index (χ1n) is 31.5. The largest absolute Gasteiger partial charge is 0.311 e. The predicted octanol–water partition coefficient (Wildman–Crippen LogP) is 20.3. The van der Waals surface area contributed by atoms with Crippen LogP contribution >= 0.6 is 11.3 Å². The van der Waals surface area contributed by atoms with Gasteiger partial charge in [-0.3, -0.25) is 0 Å². The third-order valence-corrected chi connectivity index (χ3v) is 20.0. The average Bonchev–Trinajstić information content (AvgIpc) is 1.68. The highest BCUT2D eigenvalue weighted by Gasteiger charge is 2.46. The van der Waals surface area contributed by atoms with Gasteiger partial charge in [0.05, 0.1) is 32.8 Å². The zero-order valence-corrected chi connectivity index (χ0v) is 52.5. The van der Waals surface area contributed by atoms with Crippen molar-refractivity contribution in [2.24, 2.45) is 0 Å². The van der Waals surface area contributed by atoms with Gasteiger partial charge in [0.25, 0.3) is 6.71 Å². The Balaban J connectivity index is 1.000. The van der Waals surface area contributed by atoms with E-state index in [1.807, 2.05) is 47.7 Å². The van der Waals surface area contributed by atoms with E-state index in [4.69, 9.17) is 15.0 Å². The minimum Gasteiger partial charge on any atom is -0.311 e. The molecule has 0 aliphatic carbocycles. The van der Waals surface area contributed by atoms with Crippen molar-refractivity contribution in [3.8, 4) is 62.1 Å². The summed E-state index contributed by atoms with van der Waals surface area (Å²) < 4.78 is 4.97. The Kier molecular flexibility index (Phi) is 12.6. The van der Waals surface area contributed by atoms with Gasteiger partial charge in [-0.15, -0.1) is 11.3 Å². The fourth-order valence-corrected chi connectivity index (χ4v) is 15.5. The third-order valence-electron chi connectivity index (χ3n) is 18.8. The number of hydrogen-bond donors (Lipinski definition) is 0. The molecule has 434 valence electrons. The molecule has 17 rings (SSSR count). The number of thiophene rings is 1. The van der Waals surface area contributed by atoms with Gasteiger partial charge in [0.2, 0.25) is 0 Å². The molecule has 0 bridgehead atoms. The SMILES string of the molecule is CC(C)(C)c1ccc(-c2ccccc2N2c3cc(-c4nc(-c5ccccc5)nc(-c5ccccc5)n4)ccc3B3c4cc(-n5c6ccccc6c6ccccc65)ccc4N(c4ccccc4-c4ccc(C(C)(C)C)cc4)c4c3c2cc2c4sc3ccccc32)cc1. The maximum Gasteiger partial charge on any atom is 0.252 e. The molecule has 2 aliphatic rings. The minimum atomic E-state index is -0.242. The molecular weight excluding hydrogens is 1120 g/mol. The van der Waals surface area contributed by atoms with E-state index in [0.717, 1.165) is 67.5 Å². The fourth-order valence-electron chi connectivity index (χ4n) is 14.3. The topological polar surface area (TPSA) is 50.1 Å². The molecule has 3 aromatic heterocycles. The van der Waals surface area contributed by atoms with Gasteiger partial charge < -0.3 is 14.4 Å². The molecule has 0 radical (unpaired) electrons. The van der Waals surface area contributed by atoms with Crippen LogP contribution < -0.4 is 26.2 Å². The molecule has 0 spiro atoms. The monoisotopic (exact) mass is 1190 g/mol. The van der Waals surface area contributed by atoms with Crippen molar-refractivity contribution in [2.75, 3.05) is 9.80 Å². The lowest BCUT2D eigenvalue weighted by molar-refractivity contribution is 0.590. The molecule has 0 atom stereocenters. The van der Waals surface area contributed by atoms with E-state index in [1.54, 1.807) is 0 Å². The van der Waals surface area contributed by atoms with Crippen molar-refractivity contribution in [1.29, 1.82) is 0 Å². The summed E-state index contributed by atoms with van der Waals surface area (Å²) in [5, 5.41) is 4.90. The van der Waals surface area contributed by atoms with Crippen LogP contribution in [0.5, 0.6) is 0 Å². The van der Waals surface area contributed by atoms with Crippen molar-refractivity contribution in [3.05, 3.63) is 284 Å². The van der Waals surface area contributed by atoms with Crippen molar-refractivity contribution in [3.63, 3.8) is 0 Å². The maximum atomic E-state index is 5.39. The van der Waals surface area contributed by atoms with Gasteiger partial charge in [0.1, 0.15) is 0 Å². The summed E-state index contributed by atoms with van der Waals surface area (Å²) >= 11 is 1.90. The van der Waals surface area contributed by atoms with Crippen molar-refractivity contribution in [2.45, 2.75) is 52.4 Å². The van der Waals surface area contributed by atoms with Gasteiger partial charge in [-0.2, -0.15) is 0 Å². The highest BCUT2D eigenvalue weighted by Crippen LogP contribution is 2.54.